The number of ketones is 1. The molecule has 0 amide bonds. The summed E-state index contributed by atoms with van der Waals surface area (Å²) in [5.41, 5.74) is 0.124. The number of fused-ring (bicyclic) bond motifs is 1. The van der Waals surface area contributed by atoms with Crippen LogP contribution in [0.2, 0.25) is 0 Å². The fourth-order valence-electron chi connectivity index (χ4n) is 2.72. The van der Waals surface area contributed by atoms with E-state index in [-0.39, 0.29) is 17.1 Å². The van der Waals surface area contributed by atoms with Crippen molar-refractivity contribution in [3.8, 4) is 0 Å². The molecule has 0 saturated carbocycles. The Bertz CT molecular complexity index is 986. The average Bonchev–Trinajstić information content (AvgIpc) is 2.86. The SMILES string of the molecule is CCCn1c2c(c(=O)n(C)c1=O)C(=O)/C(=C/c1cccc(Br)c1)N2. The van der Waals surface area contributed by atoms with Crippen molar-refractivity contribution in [3.63, 3.8) is 0 Å². The van der Waals surface area contributed by atoms with Gasteiger partial charge in [0.2, 0.25) is 5.78 Å². The van der Waals surface area contributed by atoms with Crippen LogP contribution >= 0.6 is 15.9 Å². The van der Waals surface area contributed by atoms with Gasteiger partial charge in [-0.05, 0) is 30.2 Å². The van der Waals surface area contributed by atoms with Gasteiger partial charge < -0.3 is 5.32 Å². The van der Waals surface area contributed by atoms with E-state index >= 15 is 0 Å². The van der Waals surface area contributed by atoms with Gasteiger partial charge in [0.05, 0.1) is 5.70 Å². The minimum Gasteiger partial charge on any atom is -0.338 e. The quantitative estimate of drug-likeness (QED) is 0.817. The summed E-state index contributed by atoms with van der Waals surface area (Å²) >= 11 is 3.38. The van der Waals surface area contributed by atoms with Gasteiger partial charge in [-0.2, -0.15) is 0 Å². The summed E-state index contributed by atoms with van der Waals surface area (Å²) in [5.74, 6) is -0.105. The van der Waals surface area contributed by atoms with Crippen LogP contribution in [0.3, 0.4) is 0 Å². The van der Waals surface area contributed by atoms with Crippen LogP contribution in [0.25, 0.3) is 6.08 Å². The first-order valence-electron chi connectivity index (χ1n) is 7.57. The Balaban J connectivity index is 2.17. The normalized spacial score (nSPS) is 14.8. The Hall–Kier alpha value is -2.41. The van der Waals surface area contributed by atoms with Gasteiger partial charge in [-0.15, -0.1) is 0 Å². The second-order valence-corrected chi connectivity index (χ2v) is 6.50. The molecular formula is C17H16BrN3O3. The van der Waals surface area contributed by atoms with Gasteiger partial charge in [-0.3, -0.25) is 18.7 Å². The van der Waals surface area contributed by atoms with Crippen LogP contribution < -0.4 is 16.6 Å². The van der Waals surface area contributed by atoms with E-state index < -0.39 is 17.0 Å². The van der Waals surface area contributed by atoms with Crippen LogP contribution in [0, 0.1) is 0 Å². The van der Waals surface area contributed by atoms with Crippen LogP contribution in [0.4, 0.5) is 5.82 Å². The Morgan fingerprint density at radius 1 is 1.25 bits per heavy atom. The second-order valence-electron chi connectivity index (χ2n) is 5.59. The topological polar surface area (TPSA) is 73.1 Å². The number of nitrogens with one attached hydrogen (secondary N) is 1. The Morgan fingerprint density at radius 2 is 2.00 bits per heavy atom. The summed E-state index contributed by atoms with van der Waals surface area (Å²) in [5, 5.41) is 2.96. The molecule has 0 unspecified atom stereocenters. The molecule has 1 aliphatic heterocycles. The summed E-state index contributed by atoms with van der Waals surface area (Å²) in [6, 6.07) is 7.46. The van der Waals surface area contributed by atoms with E-state index in [1.807, 2.05) is 31.2 Å². The molecule has 6 nitrogen and oxygen atoms in total. The zero-order valence-electron chi connectivity index (χ0n) is 13.3. The lowest BCUT2D eigenvalue weighted by Gasteiger charge is -2.11. The molecule has 7 heteroatoms. The van der Waals surface area contributed by atoms with Gasteiger partial charge >= 0.3 is 5.69 Å². The Kier molecular flexibility index (Phi) is 4.28. The molecule has 0 fully saturated rings. The second kappa shape index (κ2) is 6.24. The van der Waals surface area contributed by atoms with Crippen molar-refractivity contribution < 1.29 is 4.79 Å². The first-order valence-corrected chi connectivity index (χ1v) is 8.36. The average molecular weight is 390 g/mol. The smallest absolute Gasteiger partial charge is 0.332 e. The van der Waals surface area contributed by atoms with Crippen LogP contribution in [-0.4, -0.2) is 14.9 Å². The van der Waals surface area contributed by atoms with E-state index in [4.69, 9.17) is 0 Å². The van der Waals surface area contributed by atoms with Gasteiger partial charge in [0, 0.05) is 18.1 Å². The molecule has 1 aromatic carbocycles. The van der Waals surface area contributed by atoms with Gasteiger partial charge in [-0.1, -0.05) is 35.0 Å². The molecule has 24 heavy (non-hydrogen) atoms. The molecule has 0 saturated heterocycles. The molecular weight excluding hydrogens is 374 g/mol. The maximum atomic E-state index is 12.7. The lowest BCUT2D eigenvalue weighted by Crippen LogP contribution is -2.40. The van der Waals surface area contributed by atoms with E-state index in [2.05, 4.69) is 21.2 Å². The number of nitrogens with zero attached hydrogens (tertiary/aromatic N) is 2. The minimum atomic E-state index is -0.572. The predicted molar refractivity (Wildman–Crippen MR) is 96.3 cm³/mol. The van der Waals surface area contributed by atoms with E-state index in [0.717, 1.165) is 14.6 Å². The third kappa shape index (κ3) is 2.65. The maximum Gasteiger partial charge on any atom is 0.332 e. The molecule has 124 valence electrons. The van der Waals surface area contributed by atoms with Gasteiger partial charge in [0.1, 0.15) is 11.4 Å². The number of rotatable bonds is 3. The lowest BCUT2D eigenvalue weighted by atomic mass is 10.1. The van der Waals surface area contributed by atoms with Crippen molar-refractivity contribution in [2.75, 3.05) is 5.32 Å². The molecule has 1 N–H and O–H groups in total. The zero-order chi connectivity index (χ0) is 17.4. The largest absolute Gasteiger partial charge is 0.338 e. The predicted octanol–water partition coefficient (Wildman–Crippen LogP) is 2.37. The molecule has 2 heterocycles. The number of aromatic nitrogens is 2. The monoisotopic (exact) mass is 389 g/mol. The molecule has 0 spiro atoms. The van der Waals surface area contributed by atoms with E-state index in [0.29, 0.717) is 13.0 Å². The van der Waals surface area contributed by atoms with Crippen LogP contribution in [-0.2, 0) is 13.6 Å². The van der Waals surface area contributed by atoms with Crippen molar-refractivity contribution in [1.82, 2.24) is 9.13 Å². The summed E-state index contributed by atoms with van der Waals surface area (Å²) < 4.78 is 3.31. The van der Waals surface area contributed by atoms with Gasteiger partial charge in [0.25, 0.3) is 5.56 Å². The number of anilines is 1. The van der Waals surface area contributed by atoms with Crippen LogP contribution in [0.15, 0.2) is 44.0 Å². The Labute approximate surface area is 146 Å². The number of carbonyl (C=O) groups excluding carboxylic acids is 1. The van der Waals surface area contributed by atoms with E-state index in [9.17, 15) is 14.4 Å². The van der Waals surface area contributed by atoms with Crippen molar-refractivity contribution in [3.05, 3.63) is 66.4 Å². The third-order valence-electron chi connectivity index (χ3n) is 3.87. The lowest BCUT2D eigenvalue weighted by molar-refractivity contribution is 0.104. The fraction of sp³-hybridized carbons (Fsp3) is 0.235. The molecule has 2 aromatic rings. The summed E-state index contributed by atoms with van der Waals surface area (Å²) in [6.07, 6.45) is 2.39. The highest BCUT2D eigenvalue weighted by molar-refractivity contribution is 9.10. The number of benzene rings is 1. The number of halogens is 1. The summed E-state index contributed by atoms with van der Waals surface area (Å²) in [6.45, 7) is 2.36. The first kappa shape index (κ1) is 16.4. The Morgan fingerprint density at radius 3 is 2.67 bits per heavy atom. The number of allylic oxidation sites excluding steroid dienone is 1. The standard InChI is InChI=1S/C17H16BrN3O3/c1-3-7-21-15-13(16(23)20(2)17(21)24)14(22)12(19-15)9-10-5-4-6-11(18)8-10/h4-6,8-9,19H,3,7H2,1-2H3/b12-9-. The maximum absolute atomic E-state index is 12.7. The summed E-state index contributed by atoms with van der Waals surface area (Å²) in [7, 11) is 1.39. The van der Waals surface area contributed by atoms with Gasteiger partial charge in [0.15, 0.2) is 0 Å². The molecule has 0 bridgehead atoms. The fourth-order valence-corrected chi connectivity index (χ4v) is 3.13. The number of hydrogen-bond donors (Lipinski definition) is 1. The molecule has 3 rings (SSSR count). The van der Waals surface area contributed by atoms with Crippen molar-refractivity contribution in [1.29, 1.82) is 0 Å². The highest BCUT2D eigenvalue weighted by Gasteiger charge is 2.32. The highest BCUT2D eigenvalue weighted by atomic mass is 79.9. The van der Waals surface area contributed by atoms with E-state index in [1.54, 1.807) is 6.08 Å². The van der Waals surface area contributed by atoms with Gasteiger partial charge in [-0.25, -0.2) is 4.79 Å². The van der Waals surface area contributed by atoms with Crippen LogP contribution in [0.5, 0.6) is 0 Å². The minimum absolute atomic E-state index is 0.0202. The molecule has 0 atom stereocenters. The van der Waals surface area contributed by atoms with Crippen molar-refractivity contribution >= 4 is 33.6 Å². The first-order chi connectivity index (χ1) is 11.4. The zero-order valence-corrected chi connectivity index (χ0v) is 14.9. The van der Waals surface area contributed by atoms with Crippen LogP contribution in [0.1, 0.15) is 29.3 Å². The molecule has 1 aromatic heterocycles. The third-order valence-corrected chi connectivity index (χ3v) is 4.37. The summed E-state index contributed by atoms with van der Waals surface area (Å²) in [4.78, 5) is 37.3. The molecule has 0 aliphatic carbocycles. The number of Topliss-reactive ketones (excluding diaryl/α,β-unsaturated/α-hetero) is 1. The van der Waals surface area contributed by atoms with E-state index in [1.165, 1.54) is 11.6 Å². The number of carbonyl (C=O) groups is 1. The van der Waals surface area contributed by atoms with Crippen molar-refractivity contribution in [2.45, 2.75) is 19.9 Å². The molecule has 1 aliphatic rings. The molecule has 0 radical (unpaired) electrons. The van der Waals surface area contributed by atoms with Crippen molar-refractivity contribution in [2.24, 2.45) is 7.05 Å². The number of hydrogen-bond acceptors (Lipinski definition) is 4. The highest BCUT2D eigenvalue weighted by Crippen LogP contribution is 2.26.